The number of aliphatic hydroxyl groups is 1. The smallest absolute Gasteiger partial charge is 0.240 e. The number of piperidine rings is 1. The van der Waals surface area contributed by atoms with E-state index in [0.717, 1.165) is 32.5 Å². The van der Waals surface area contributed by atoms with E-state index in [1.54, 1.807) is 0 Å². The molecule has 0 bridgehead atoms. The molecule has 2 saturated heterocycles. The zero-order valence-electron chi connectivity index (χ0n) is 13.1. The number of carbonyl (C=O) groups is 1. The molecule has 2 aliphatic heterocycles. The van der Waals surface area contributed by atoms with E-state index >= 15 is 0 Å². The molecule has 5 heteroatoms. The number of carbonyl (C=O) groups excluding carboxylic acids is 1. The molecule has 0 aromatic carbocycles. The van der Waals surface area contributed by atoms with E-state index in [0.29, 0.717) is 24.4 Å². The summed E-state index contributed by atoms with van der Waals surface area (Å²) in [5.74, 6) is 1.48. The number of nitrogens with zero attached hydrogens (tertiary/aromatic N) is 2. The van der Waals surface area contributed by atoms with Crippen molar-refractivity contribution in [3.05, 3.63) is 0 Å². The van der Waals surface area contributed by atoms with Crippen molar-refractivity contribution in [1.29, 1.82) is 0 Å². The second-order valence-electron chi connectivity index (χ2n) is 7.03. The van der Waals surface area contributed by atoms with Gasteiger partial charge in [0.1, 0.15) is 0 Å². The molecule has 3 fully saturated rings. The molecule has 0 spiro atoms. The van der Waals surface area contributed by atoms with E-state index in [1.165, 1.54) is 19.3 Å². The van der Waals surface area contributed by atoms with Gasteiger partial charge in [-0.15, -0.1) is 0 Å². The van der Waals surface area contributed by atoms with Crippen molar-refractivity contribution in [3.8, 4) is 0 Å². The van der Waals surface area contributed by atoms with Gasteiger partial charge in [0.15, 0.2) is 0 Å². The number of aliphatic hydroxyl groups excluding tert-OH is 1. The molecule has 1 amide bonds. The van der Waals surface area contributed by atoms with Gasteiger partial charge in [-0.3, -0.25) is 4.79 Å². The van der Waals surface area contributed by atoms with Crippen molar-refractivity contribution in [3.63, 3.8) is 0 Å². The van der Waals surface area contributed by atoms with Crippen molar-refractivity contribution in [2.45, 2.75) is 44.2 Å². The Balaban J connectivity index is 1.66. The summed E-state index contributed by atoms with van der Waals surface area (Å²) >= 11 is 0. The Hall–Kier alpha value is -0.650. The highest BCUT2D eigenvalue weighted by Gasteiger charge is 2.44. The van der Waals surface area contributed by atoms with Crippen LogP contribution in [0.15, 0.2) is 0 Å². The van der Waals surface area contributed by atoms with E-state index in [2.05, 4.69) is 17.3 Å². The molecule has 2 heterocycles. The number of hydrogen-bond donors (Lipinski definition) is 2. The fourth-order valence-electron chi connectivity index (χ4n) is 4.52. The third-order valence-electron chi connectivity index (χ3n) is 5.76. The maximum Gasteiger partial charge on any atom is 0.240 e. The molecule has 1 aliphatic carbocycles. The van der Waals surface area contributed by atoms with Crippen molar-refractivity contribution in [1.82, 2.24) is 15.1 Å². The summed E-state index contributed by atoms with van der Waals surface area (Å²) in [6, 6.07) is 0.312. The van der Waals surface area contributed by atoms with Gasteiger partial charge in [0.05, 0.1) is 12.6 Å². The van der Waals surface area contributed by atoms with Crippen LogP contribution in [0.2, 0.25) is 0 Å². The number of hydrogen-bond acceptors (Lipinski definition) is 4. The summed E-state index contributed by atoms with van der Waals surface area (Å²) < 4.78 is 0. The average molecular weight is 295 g/mol. The first-order chi connectivity index (χ1) is 10.2. The monoisotopic (exact) mass is 295 g/mol. The normalized spacial score (nSPS) is 34.1. The molecule has 0 radical (unpaired) electrons. The summed E-state index contributed by atoms with van der Waals surface area (Å²) in [4.78, 5) is 17.3. The number of fused-ring (bicyclic) bond motifs is 1. The fraction of sp³-hybridized carbons (Fsp3) is 0.938. The minimum atomic E-state index is 0.00343. The predicted octanol–water partition coefficient (Wildman–Crippen LogP) is 0.290. The minimum absolute atomic E-state index is 0.00343. The van der Waals surface area contributed by atoms with Crippen molar-refractivity contribution < 1.29 is 9.90 Å². The van der Waals surface area contributed by atoms with Gasteiger partial charge < -0.3 is 20.2 Å². The summed E-state index contributed by atoms with van der Waals surface area (Å²) in [5, 5.41) is 12.8. The highest BCUT2D eigenvalue weighted by Crippen LogP contribution is 2.38. The Morgan fingerprint density at radius 3 is 2.76 bits per heavy atom. The topological polar surface area (TPSA) is 55.8 Å². The Morgan fingerprint density at radius 1 is 1.29 bits per heavy atom. The van der Waals surface area contributed by atoms with Gasteiger partial charge in [-0.1, -0.05) is 6.42 Å². The van der Waals surface area contributed by atoms with Gasteiger partial charge in [-0.2, -0.15) is 0 Å². The molecule has 120 valence electrons. The predicted molar refractivity (Wildman–Crippen MR) is 81.9 cm³/mol. The molecular formula is C16H29N3O2. The van der Waals surface area contributed by atoms with E-state index in [4.69, 9.17) is 0 Å². The number of rotatable bonds is 4. The molecule has 0 aromatic heterocycles. The molecule has 3 rings (SSSR count). The molecule has 21 heavy (non-hydrogen) atoms. The standard InChI is InChI=1S/C16H29N3O2/c1-18-7-5-13(6-8-18)19(9-10-20)16(21)15-14-4-2-3-12(14)11-17-15/h12-15,17,20H,2-11H2,1H3. The zero-order valence-corrected chi connectivity index (χ0v) is 13.1. The highest BCUT2D eigenvalue weighted by molar-refractivity contribution is 5.83. The minimum Gasteiger partial charge on any atom is -0.395 e. The van der Waals surface area contributed by atoms with E-state index in [1.807, 2.05) is 4.90 Å². The van der Waals surface area contributed by atoms with Crippen LogP contribution in [0.1, 0.15) is 32.1 Å². The van der Waals surface area contributed by atoms with Crippen molar-refractivity contribution in [2.75, 3.05) is 39.8 Å². The van der Waals surface area contributed by atoms with Gasteiger partial charge in [0.2, 0.25) is 5.91 Å². The molecule has 3 aliphatic rings. The van der Waals surface area contributed by atoms with Crippen LogP contribution in [-0.4, -0.2) is 72.7 Å². The molecule has 3 atom stereocenters. The Labute approximate surface area is 127 Å². The van der Waals surface area contributed by atoms with Gasteiger partial charge in [-0.25, -0.2) is 0 Å². The lowest BCUT2D eigenvalue weighted by molar-refractivity contribution is -0.138. The second-order valence-corrected chi connectivity index (χ2v) is 7.03. The Bertz CT molecular complexity index is 369. The Morgan fingerprint density at radius 2 is 2.05 bits per heavy atom. The van der Waals surface area contributed by atoms with Gasteiger partial charge >= 0.3 is 0 Å². The van der Waals surface area contributed by atoms with Gasteiger partial charge in [-0.05, 0) is 64.2 Å². The van der Waals surface area contributed by atoms with Gasteiger partial charge in [0.25, 0.3) is 0 Å². The lowest BCUT2D eigenvalue weighted by atomic mass is 9.92. The van der Waals surface area contributed by atoms with E-state index < -0.39 is 0 Å². The number of nitrogens with one attached hydrogen (secondary N) is 1. The average Bonchev–Trinajstić information content (AvgIpc) is 3.08. The van der Waals surface area contributed by atoms with Crippen molar-refractivity contribution >= 4 is 5.91 Å². The van der Waals surface area contributed by atoms with Crippen molar-refractivity contribution in [2.24, 2.45) is 11.8 Å². The maximum absolute atomic E-state index is 13.0. The van der Waals surface area contributed by atoms with E-state index in [-0.39, 0.29) is 18.6 Å². The zero-order chi connectivity index (χ0) is 14.8. The van der Waals surface area contributed by atoms with Crippen LogP contribution < -0.4 is 5.32 Å². The van der Waals surface area contributed by atoms with Crippen LogP contribution in [0.25, 0.3) is 0 Å². The van der Waals surface area contributed by atoms with Crippen LogP contribution in [0, 0.1) is 11.8 Å². The number of amides is 1. The Kier molecular flexibility index (Phi) is 4.82. The SMILES string of the molecule is CN1CCC(N(CCO)C(=O)C2NCC3CCCC32)CC1. The summed E-state index contributed by atoms with van der Waals surface area (Å²) in [5.41, 5.74) is 0. The summed E-state index contributed by atoms with van der Waals surface area (Å²) in [7, 11) is 2.13. The fourth-order valence-corrected chi connectivity index (χ4v) is 4.52. The highest BCUT2D eigenvalue weighted by atomic mass is 16.3. The first-order valence-electron chi connectivity index (χ1n) is 8.54. The quantitative estimate of drug-likeness (QED) is 0.783. The van der Waals surface area contributed by atoms with Crippen LogP contribution >= 0.6 is 0 Å². The molecule has 0 aromatic rings. The summed E-state index contributed by atoms with van der Waals surface area (Å²) in [6.45, 7) is 3.65. The second kappa shape index (κ2) is 6.63. The first kappa shape index (κ1) is 15.3. The molecular weight excluding hydrogens is 266 g/mol. The summed E-state index contributed by atoms with van der Waals surface area (Å²) in [6.07, 6.45) is 5.80. The van der Waals surface area contributed by atoms with E-state index in [9.17, 15) is 9.90 Å². The van der Waals surface area contributed by atoms with Crippen LogP contribution in [0.5, 0.6) is 0 Å². The lowest BCUT2D eigenvalue weighted by Crippen LogP contribution is -2.53. The molecule has 2 N–H and O–H groups in total. The lowest BCUT2D eigenvalue weighted by Gasteiger charge is -2.39. The van der Waals surface area contributed by atoms with Crippen LogP contribution in [0.4, 0.5) is 0 Å². The van der Waals surface area contributed by atoms with Crippen LogP contribution in [0.3, 0.4) is 0 Å². The first-order valence-corrected chi connectivity index (χ1v) is 8.54. The van der Waals surface area contributed by atoms with Gasteiger partial charge in [0, 0.05) is 12.6 Å². The third-order valence-corrected chi connectivity index (χ3v) is 5.76. The number of likely N-dealkylation sites (tertiary alicyclic amines) is 1. The molecule has 3 unspecified atom stereocenters. The third kappa shape index (κ3) is 3.10. The maximum atomic E-state index is 13.0. The molecule has 5 nitrogen and oxygen atoms in total. The molecule has 1 saturated carbocycles. The van der Waals surface area contributed by atoms with Crippen LogP contribution in [-0.2, 0) is 4.79 Å². The largest absolute Gasteiger partial charge is 0.395 e.